The van der Waals surface area contributed by atoms with Gasteiger partial charge >= 0.3 is 29.6 Å². The number of ether oxygens (including phenoxy) is 2. The maximum absolute atomic E-state index is 14.3. The van der Waals surface area contributed by atoms with E-state index < -0.39 is 5.97 Å². The summed E-state index contributed by atoms with van der Waals surface area (Å²) in [6.07, 6.45) is -0.0743. The van der Waals surface area contributed by atoms with Gasteiger partial charge in [-0.2, -0.15) is 0 Å². The molecule has 40 heavy (non-hydrogen) atoms. The second kappa shape index (κ2) is 10.3. The molecule has 1 N–H and O–H groups in total. The van der Waals surface area contributed by atoms with Crippen LogP contribution in [0.4, 0.5) is 10.1 Å². The van der Waals surface area contributed by atoms with Gasteiger partial charge < -0.3 is 29.2 Å². The number of rotatable bonds is 6. The molecule has 0 unspecified atom stereocenters. The summed E-state index contributed by atoms with van der Waals surface area (Å²) in [5, 5.41) is 18.7. The minimum atomic E-state index is -1.09. The predicted octanol–water partition coefficient (Wildman–Crippen LogP) is 1.29. The smallest absolute Gasteiger partial charge is 0.550 e. The van der Waals surface area contributed by atoms with Crippen LogP contribution in [0.25, 0.3) is 28.2 Å². The second-order valence-electron chi connectivity index (χ2n) is 9.77. The molecular formula is C29H22FN4NaO5. The van der Waals surface area contributed by atoms with Crippen LogP contribution < -0.4 is 49.5 Å². The van der Waals surface area contributed by atoms with Crippen molar-refractivity contribution in [2.75, 3.05) is 18.5 Å². The van der Waals surface area contributed by atoms with E-state index in [0.29, 0.717) is 58.7 Å². The van der Waals surface area contributed by atoms with Gasteiger partial charge in [0.2, 0.25) is 0 Å². The van der Waals surface area contributed by atoms with Crippen molar-refractivity contribution < 1.29 is 57.8 Å². The summed E-state index contributed by atoms with van der Waals surface area (Å²) in [6, 6.07) is 17.6. The van der Waals surface area contributed by atoms with E-state index in [4.69, 9.17) is 19.0 Å². The van der Waals surface area contributed by atoms with Gasteiger partial charge in [0.1, 0.15) is 35.4 Å². The Kier molecular flexibility index (Phi) is 6.77. The van der Waals surface area contributed by atoms with Crippen LogP contribution in [-0.2, 0) is 4.79 Å². The number of halogens is 1. The van der Waals surface area contributed by atoms with Crippen molar-refractivity contribution in [2.24, 2.45) is 0 Å². The third-order valence-electron chi connectivity index (χ3n) is 7.16. The molecule has 2 atom stereocenters. The summed E-state index contributed by atoms with van der Waals surface area (Å²) in [5.74, 6) is 0.796. The molecule has 0 bridgehead atoms. The summed E-state index contributed by atoms with van der Waals surface area (Å²) in [5.41, 5.74) is 5.07. The number of hydrogen-bond acceptors (Lipinski definition) is 8. The molecule has 0 amide bonds. The fourth-order valence-electron chi connectivity index (χ4n) is 5.40. The number of aliphatic carboxylic acids is 1. The van der Waals surface area contributed by atoms with Crippen molar-refractivity contribution in [3.05, 3.63) is 83.4 Å². The normalized spacial score (nSPS) is 17.1. The molecule has 9 nitrogen and oxygen atoms in total. The summed E-state index contributed by atoms with van der Waals surface area (Å²) >= 11 is 0. The zero-order chi connectivity index (χ0) is 26.7. The number of nitrogens with zero attached hydrogens (tertiary/aromatic N) is 3. The first-order valence-electron chi connectivity index (χ1n) is 12.6. The van der Waals surface area contributed by atoms with E-state index in [9.17, 15) is 14.3 Å². The zero-order valence-electron chi connectivity index (χ0n) is 21.8. The van der Waals surface area contributed by atoms with Gasteiger partial charge in [-0.1, -0.05) is 23.4 Å². The Morgan fingerprint density at radius 2 is 1.98 bits per heavy atom. The second-order valence-corrected chi connectivity index (χ2v) is 9.77. The molecular weight excluding hydrogens is 526 g/mol. The molecule has 0 aliphatic carbocycles. The largest absolute Gasteiger partial charge is 1.00 e. The van der Waals surface area contributed by atoms with Crippen LogP contribution in [0.15, 0.2) is 65.2 Å². The van der Waals surface area contributed by atoms with Gasteiger partial charge in [-0.05, 0) is 37.6 Å². The van der Waals surface area contributed by atoms with E-state index >= 15 is 0 Å². The number of benzene rings is 3. The average molecular weight is 549 g/mol. The van der Waals surface area contributed by atoms with Crippen LogP contribution in [0.5, 0.6) is 11.5 Å². The van der Waals surface area contributed by atoms with Crippen molar-refractivity contribution in [2.45, 2.75) is 25.3 Å². The monoisotopic (exact) mass is 548 g/mol. The van der Waals surface area contributed by atoms with Crippen LogP contribution in [0, 0.1) is 12.7 Å². The number of imidazole rings is 1. The molecule has 2 aliphatic heterocycles. The topological polar surface area (TPSA) is 114 Å². The zero-order valence-corrected chi connectivity index (χ0v) is 23.8. The number of anilines is 1. The molecule has 0 fully saturated rings. The fraction of sp³-hybridized carbons (Fsp3) is 0.207. The maximum atomic E-state index is 14.3. The first-order valence-corrected chi connectivity index (χ1v) is 12.6. The van der Waals surface area contributed by atoms with Crippen molar-refractivity contribution >= 4 is 22.7 Å². The molecule has 4 heterocycles. The molecule has 7 rings (SSSR count). The Hall–Kier alpha value is -3.86. The Morgan fingerprint density at radius 3 is 2.77 bits per heavy atom. The number of aryl methyl sites for hydroxylation is 1. The van der Waals surface area contributed by atoms with E-state index in [2.05, 4.69) is 10.5 Å². The van der Waals surface area contributed by atoms with Gasteiger partial charge in [-0.25, -0.2) is 9.37 Å². The number of hydrogen-bond donors (Lipinski definition) is 1. The number of nitrogens with one attached hydrogen (secondary N) is 1. The van der Waals surface area contributed by atoms with Crippen molar-refractivity contribution in [1.29, 1.82) is 0 Å². The number of carbonyl (C=O) groups excluding carboxylic acids is 1. The van der Waals surface area contributed by atoms with Gasteiger partial charge in [-0.15, -0.1) is 0 Å². The predicted molar refractivity (Wildman–Crippen MR) is 137 cm³/mol. The van der Waals surface area contributed by atoms with E-state index in [0.717, 1.165) is 16.8 Å². The van der Waals surface area contributed by atoms with E-state index in [1.165, 1.54) is 12.1 Å². The number of carbonyl (C=O) groups is 1. The summed E-state index contributed by atoms with van der Waals surface area (Å²) in [6.45, 7) is 2.49. The number of carboxylic acid groups (broad SMARTS) is 1. The fourth-order valence-corrected chi connectivity index (χ4v) is 5.40. The standard InChI is InChI=1S/C29H23FN4O5.Na/c1-15-9-22(33-39-15)29-32-21-8-5-17(30)11-25(21)34(29)24-4-2-3-20-23(14-38-28(20)24)31-18-6-7-19-16(10-27(35)36)13-37-26(19)12-18;/h2-9,11-12,16,23,31H,10,13-14H2,1H3,(H,35,36);/q;+1/p-1/t16-,23-;/m1./s1. The SMILES string of the molecule is Cc1cc(-c2nc3ccc(F)cc3n2-c2cccc3c2OC[C@H]3Nc2ccc3c(c2)OC[C@H]3CC(=O)[O-])no1.[Na+]. The average Bonchev–Trinajstić information content (AvgIpc) is 3.69. The van der Waals surface area contributed by atoms with E-state index in [1.807, 2.05) is 41.0 Å². The molecule has 11 heteroatoms. The van der Waals surface area contributed by atoms with Crippen LogP contribution in [0.3, 0.4) is 0 Å². The van der Waals surface area contributed by atoms with Crippen LogP contribution >= 0.6 is 0 Å². The van der Waals surface area contributed by atoms with E-state index in [1.54, 1.807) is 19.1 Å². The van der Waals surface area contributed by atoms with Crippen molar-refractivity contribution in [3.63, 3.8) is 0 Å². The summed E-state index contributed by atoms with van der Waals surface area (Å²) in [4.78, 5) is 15.8. The Morgan fingerprint density at radius 1 is 1.10 bits per heavy atom. The number of para-hydroxylation sites is 1. The molecule has 2 aromatic heterocycles. The molecule has 196 valence electrons. The maximum Gasteiger partial charge on any atom is 1.00 e. The molecule has 0 saturated carbocycles. The number of aromatic nitrogens is 3. The first kappa shape index (κ1) is 26.4. The number of fused-ring (bicyclic) bond motifs is 3. The van der Waals surface area contributed by atoms with Crippen LogP contribution in [0.2, 0.25) is 0 Å². The van der Waals surface area contributed by atoms with Crippen LogP contribution in [-0.4, -0.2) is 33.9 Å². The molecule has 0 spiro atoms. The van der Waals surface area contributed by atoms with Gasteiger partial charge in [-0.3, -0.25) is 4.57 Å². The minimum Gasteiger partial charge on any atom is -0.550 e. The molecule has 0 saturated heterocycles. The minimum absolute atomic E-state index is 0. The third-order valence-corrected chi connectivity index (χ3v) is 7.16. The molecule has 2 aliphatic rings. The van der Waals surface area contributed by atoms with Crippen molar-refractivity contribution in [3.8, 4) is 28.7 Å². The Labute approximate surface area is 250 Å². The van der Waals surface area contributed by atoms with Gasteiger partial charge in [0, 0.05) is 46.9 Å². The van der Waals surface area contributed by atoms with Gasteiger partial charge in [0.05, 0.1) is 29.4 Å². The first-order chi connectivity index (χ1) is 18.9. The summed E-state index contributed by atoms with van der Waals surface area (Å²) < 4.78 is 33.5. The third kappa shape index (κ3) is 4.51. The quantitative estimate of drug-likeness (QED) is 0.316. The Bertz CT molecular complexity index is 1770. The summed E-state index contributed by atoms with van der Waals surface area (Å²) in [7, 11) is 0. The molecule has 3 aromatic carbocycles. The van der Waals surface area contributed by atoms with E-state index in [-0.39, 0.29) is 53.8 Å². The molecule has 0 radical (unpaired) electrons. The van der Waals surface area contributed by atoms with Crippen LogP contribution in [0.1, 0.15) is 35.3 Å². The van der Waals surface area contributed by atoms with Gasteiger partial charge in [0.15, 0.2) is 5.82 Å². The number of carboxylic acids is 1. The molecule has 5 aromatic rings. The van der Waals surface area contributed by atoms with Gasteiger partial charge in [0.25, 0.3) is 0 Å². The van der Waals surface area contributed by atoms with Crippen molar-refractivity contribution in [1.82, 2.24) is 14.7 Å². The Balaban J connectivity index is 0.00000289.